The van der Waals surface area contributed by atoms with Gasteiger partial charge in [-0.3, -0.25) is 4.79 Å². The van der Waals surface area contributed by atoms with Crippen LogP contribution in [0.3, 0.4) is 0 Å². The van der Waals surface area contributed by atoms with Crippen molar-refractivity contribution in [1.82, 2.24) is 4.98 Å². The van der Waals surface area contributed by atoms with Gasteiger partial charge in [-0.15, -0.1) is 0 Å². The lowest BCUT2D eigenvalue weighted by atomic mass is 10.1. The summed E-state index contributed by atoms with van der Waals surface area (Å²) in [4.78, 5) is 16.5. The lowest BCUT2D eigenvalue weighted by Crippen LogP contribution is -2.15. The topological polar surface area (TPSA) is 75.0 Å². The van der Waals surface area contributed by atoms with Gasteiger partial charge in [-0.25, -0.2) is 9.37 Å². The molecule has 0 saturated heterocycles. The molecule has 0 bridgehead atoms. The highest BCUT2D eigenvalue weighted by molar-refractivity contribution is 8.00. The molecule has 1 amide bonds. The summed E-state index contributed by atoms with van der Waals surface area (Å²) in [5.74, 6) is -0.691. The van der Waals surface area contributed by atoms with Crippen LogP contribution in [-0.2, 0) is 11.0 Å². The van der Waals surface area contributed by atoms with Gasteiger partial charge in [0.25, 0.3) is 0 Å². The van der Waals surface area contributed by atoms with Crippen molar-refractivity contribution in [3.63, 3.8) is 0 Å². The molecule has 1 N–H and O–H groups in total. The van der Waals surface area contributed by atoms with Crippen molar-refractivity contribution in [1.29, 1.82) is 5.26 Å². The average Bonchev–Trinajstić information content (AvgIpc) is 2.78. The highest BCUT2D eigenvalue weighted by Gasteiger charge is 2.36. The lowest BCUT2D eigenvalue weighted by Gasteiger charge is -2.14. The van der Waals surface area contributed by atoms with Crippen LogP contribution in [0.25, 0.3) is 11.3 Å². The number of alkyl halides is 3. The van der Waals surface area contributed by atoms with Crippen molar-refractivity contribution in [2.75, 3.05) is 17.7 Å². The number of amides is 1. The van der Waals surface area contributed by atoms with Crippen LogP contribution >= 0.6 is 11.8 Å². The summed E-state index contributed by atoms with van der Waals surface area (Å²) in [7, 11) is 0. The second-order valence-corrected chi connectivity index (χ2v) is 7.61. The van der Waals surface area contributed by atoms with Gasteiger partial charge in [0.1, 0.15) is 22.7 Å². The predicted molar refractivity (Wildman–Crippen MR) is 116 cm³/mol. The lowest BCUT2D eigenvalue weighted by molar-refractivity contribution is -0.138. The first-order valence-corrected chi connectivity index (χ1v) is 10.6. The van der Waals surface area contributed by atoms with Crippen LogP contribution in [0.5, 0.6) is 5.75 Å². The molecule has 3 aromatic rings. The number of nitriles is 1. The average molecular weight is 475 g/mol. The van der Waals surface area contributed by atoms with Gasteiger partial charge in [-0.05, 0) is 61.5 Å². The Bertz CT molecular complexity index is 1170. The van der Waals surface area contributed by atoms with Gasteiger partial charge in [-0.1, -0.05) is 11.8 Å². The first-order chi connectivity index (χ1) is 15.7. The molecule has 5 nitrogen and oxygen atoms in total. The fourth-order valence-corrected chi connectivity index (χ4v) is 3.66. The Labute approximate surface area is 191 Å². The first-order valence-electron chi connectivity index (χ1n) is 9.65. The molecule has 0 spiro atoms. The summed E-state index contributed by atoms with van der Waals surface area (Å²) in [6.07, 6.45) is -4.82. The van der Waals surface area contributed by atoms with Crippen molar-refractivity contribution in [2.45, 2.75) is 18.1 Å². The number of thioether (sulfide) groups is 1. The third-order valence-electron chi connectivity index (χ3n) is 4.33. The molecule has 0 aliphatic rings. The minimum Gasteiger partial charge on any atom is -0.494 e. The number of ether oxygens (including phenoxy) is 1. The number of anilines is 1. The third kappa shape index (κ3) is 6.23. The number of benzene rings is 2. The zero-order valence-corrected chi connectivity index (χ0v) is 18.1. The molecule has 0 atom stereocenters. The fraction of sp³-hybridized carbons (Fsp3) is 0.174. The minimum atomic E-state index is -4.82. The summed E-state index contributed by atoms with van der Waals surface area (Å²) in [6.45, 7) is 2.33. The first kappa shape index (κ1) is 24.1. The summed E-state index contributed by atoms with van der Waals surface area (Å²) in [5, 5.41) is 11.7. The largest absolute Gasteiger partial charge is 0.494 e. The Hall–Kier alpha value is -3.58. The van der Waals surface area contributed by atoms with Crippen LogP contribution in [0, 0.1) is 17.1 Å². The van der Waals surface area contributed by atoms with Crippen molar-refractivity contribution >= 4 is 23.4 Å². The third-order valence-corrected chi connectivity index (χ3v) is 5.31. The second kappa shape index (κ2) is 10.4. The summed E-state index contributed by atoms with van der Waals surface area (Å²) in [5.41, 5.74) is -1.21. The van der Waals surface area contributed by atoms with E-state index < -0.39 is 29.0 Å². The van der Waals surface area contributed by atoms with Crippen LogP contribution in [0.2, 0.25) is 0 Å². The van der Waals surface area contributed by atoms with Gasteiger partial charge >= 0.3 is 6.18 Å². The monoisotopic (exact) mass is 475 g/mol. The van der Waals surface area contributed by atoms with E-state index in [0.717, 1.165) is 18.2 Å². The SMILES string of the molecule is CCOc1ccc(NC(=O)CSc2nc(-c3ccc(F)cc3)cc(C(F)(F)F)c2C#N)cc1. The second-order valence-electron chi connectivity index (χ2n) is 6.65. The predicted octanol–water partition coefficient (Wildman–Crippen LogP) is 5.91. The molecule has 0 fully saturated rings. The molecule has 0 unspecified atom stereocenters. The fourth-order valence-electron chi connectivity index (χ4n) is 2.86. The van der Waals surface area contributed by atoms with Gasteiger partial charge in [0, 0.05) is 11.3 Å². The maximum absolute atomic E-state index is 13.6. The molecule has 0 saturated carbocycles. The van der Waals surface area contributed by atoms with E-state index >= 15 is 0 Å². The zero-order valence-electron chi connectivity index (χ0n) is 17.2. The molecular formula is C23H17F4N3O2S. The highest BCUT2D eigenvalue weighted by Crippen LogP contribution is 2.38. The molecule has 1 aromatic heterocycles. The number of aromatic nitrogens is 1. The Morgan fingerprint density at radius 1 is 1.15 bits per heavy atom. The van der Waals surface area contributed by atoms with E-state index in [9.17, 15) is 27.6 Å². The number of halogens is 4. The molecule has 2 aromatic carbocycles. The Kier molecular flexibility index (Phi) is 7.55. The van der Waals surface area contributed by atoms with E-state index in [-0.39, 0.29) is 22.0 Å². The van der Waals surface area contributed by atoms with Crippen LogP contribution in [0.4, 0.5) is 23.2 Å². The van der Waals surface area contributed by atoms with Gasteiger partial charge in [0.15, 0.2) is 0 Å². The van der Waals surface area contributed by atoms with Crippen molar-refractivity contribution < 1.29 is 27.1 Å². The van der Waals surface area contributed by atoms with Crippen molar-refractivity contribution in [2.24, 2.45) is 0 Å². The number of carbonyl (C=O) groups is 1. The molecule has 0 aliphatic heterocycles. The van der Waals surface area contributed by atoms with Crippen LogP contribution < -0.4 is 10.1 Å². The minimum absolute atomic E-state index is 0.0873. The molecule has 33 heavy (non-hydrogen) atoms. The Morgan fingerprint density at radius 3 is 2.39 bits per heavy atom. The number of nitrogens with zero attached hydrogens (tertiary/aromatic N) is 2. The normalized spacial score (nSPS) is 11.0. The zero-order chi connectivity index (χ0) is 24.0. The maximum Gasteiger partial charge on any atom is 0.417 e. The molecular weight excluding hydrogens is 458 g/mol. The highest BCUT2D eigenvalue weighted by atomic mass is 32.2. The van der Waals surface area contributed by atoms with Crippen molar-refractivity contribution in [3.8, 4) is 23.1 Å². The number of rotatable bonds is 7. The molecule has 0 aliphatic carbocycles. The van der Waals surface area contributed by atoms with E-state index in [1.165, 1.54) is 12.1 Å². The van der Waals surface area contributed by atoms with E-state index in [1.54, 1.807) is 30.3 Å². The summed E-state index contributed by atoms with van der Waals surface area (Å²) >= 11 is 0.708. The number of hydrogen-bond donors (Lipinski definition) is 1. The molecule has 3 rings (SSSR count). The smallest absolute Gasteiger partial charge is 0.417 e. The van der Waals surface area contributed by atoms with E-state index in [0.29, 0.717) is 29.8 Å². The summed E-state index contributed by atoms with van der Waals surface area (Å²) < 4.78 is 59.4. The van der Waals surface area contributed by atoms with E-state index in [1.807, 2.05) is 6.92 Å². The van der Waals surface area contributed by atoms with Crippen LogP contribution in [0.15, 0.2) is 59.6 Å². The van der Waals surface area contributed by atoms with Gasteiger partial charge in [-0.2, -0.15) is 18.4 Å². The number of nitrogens with one attached hydrogen (secondary N) is 1. The van der Waals surface area contributed by atoms with Crippen molar-refractivity contribution in [3.05, 3.63) is 71.5 Å². The molecule has 0 radical (unpaired) electrons. The number of pyridine rings is 1. The van der Waals surface area contributed by atoms with Gasteiger partial charge in [0.2, 0.25) is 5.91 Å². The molecule has 1 heterocycles. The quantitative estimate of drug-likeness (QED) is 0.340. The number of hydrogen-bond acceptors (Lipinski definition) is 5. The standard InChI is InChI=1S/C23H17F4N3O2S/c1-2-32-17-9-7-16(8-10-17)29-21(31)13-33-22-18(12-28)19(23(25,26)27)11-20(30-22)14-3-5-15(24)6-4-14/h3-11H,2,13H2,1H3,(H,29,31). The molecule has 170 valence electrons. The Morgan fingerprint density at radius 2 is 1.82 bits per heavy atom. The van der Waals surface area contributed by atoms with Crippen LogP contribution in [-0.4, -0.2) is 23.3 Å². The van der Waals surface area contributed by atoms with E-state index in [2.05, 4.69) is 10.3 Å². The Balaban J connectivity index is 1.84. The number of carbonyl (C=O) groups excluding carboxylic acids is 1. The molecule has 10 heteroatoms. The summed E-state index contributed by atoms with van der Waals surface area (Å²) in [6, 6.07) is 13.7. The van der Waals surface area contributed by atoms with Gasteiger partial charge in [0.05, 0.1) is 29.2 Å². The van der Waals surface area contributed by atoms with Gasteiger partial charge < -0.3 is 10.1 Å². The van der Waals surface area contributed by atoms with Crippen LogP contribution in [0.1, 0.15) is 18.1 Å². The maximum atomic E-state index is 13.6. The van der Waals surface area contributed by atoms with E-state index in [4.69, 9.17) is 4.74 Å².